The van der Waals surface area contributed by atoms with Gasteiger partial charge in [0.2, 0.25) is 11.4 Å². The van der Waals surface area contributed by atoms with Crippen molar-refractivity contribution in [2.75, 3.05) is 0 Å². The second-order valence-electron chi connectivity index (χ2n) is 15.4. The molecule has 0 fully saturated rings. The van der Waals surface area contributed by atoms with Crippen molar-refractivity contribution in [2.24, 2.45) is 0 Å². The summed E-state index contributed by atoms with van der Waals surface area (Å²) < 4.78 is 1.48. The number of nitrogens with zero attached hydrogens (tertiary/aromatic N) is 2. The molecule has 2 aromatic rings. The van der Waals surface area contributed by atoms with Crippen molar-refractivity contribution < 1.29 is 22.7 Å². The maximum atomic E-state index is 12.0. The molecule has 0 aromatic heterocycles. The Kier molecular flexibility index (Phi) is 26.0. The first-order valence-corrected chi connectivity index (χ1v) is 27.5. The van der Waals surface area contributed by atoms with E-state index in [0.717, 1.165) is 84.6 Å². The minimum absolute atomic E-state index is 0.855. The molecule has 1 heterocycles. The molecular formula is C50H80N2PdSi. The van der Waals surface area contributed by atoms with Crippen LogP contribution in [0.5, 0.6) is 0 Å². The van der Waals surface area contributed by atoms with Crippen LogP contribution >= 0.6 is 0 Å². The second-order valence-corrected chi connectivity index (χ2v) is 23.8. The van der Waals surface area contributed by atoms with Crippen LogP contribution in [0.3, 0.4) is 0 Å². The molecule has 2 nitrogen and oxygen atoms in total. The van der Waals surface area contributed by atoms with Gasteiger partial charge in [0.25, 0.3) is 0 Å². The molecule has 0 atom stereocenters. The zero-order chi connectivity index (χ0) is 39.4. The van der Waals surface area contributed by atoms with E-state index >= 15 is 0 Å². The fourth-order valence-corrected chi connectivity index (χ4v) is 11.8. The number of aryl methyl sites for hydroxylation is 1. The summed E-state index contributed by atoms with van der Waals surface area (Å²) in [6, 6.07) is 23.3. The zero-order valence-corrected chi connectivity index (χ0v) is 38.9. The number of rotatable bonds is 26. The zero-order valence-electron chi connectivity index (χ0n) is 36.3. The molecule has 0 radical (unpaired) electrons. The summed E-state index contributed by atoms with van der Waals surface area (Å²) in [5, 5.41) is 0. The summed E-state index contributed by atoms with van der Waals surface area (Å²) in [5.41, 5.74) is 21.0. The predicted molar refractivity (Wildman–Crippen MR) is 239 cm³/mol. The molecule has 1 aliphatic rings. The Bertz CT molecular complexity index is 1430. The molecule has 3 rings (SSSR count). The van der Waals surface area contributed by atoms with Gasteiger partial charge in [0.05, 0.1) is 8.07 Å². The van der Waals surface area contributed by atoms with Gasteiger partial charge in [-0.25, -0.2) is 4.70 Å². The third-order valence-electron chi connectivity index (χ3n) is 11.6. The van der Waals surface area contributed by atoms with Gasteiger partial charge >= 0.3 is 41.6 Å². The fraction of sp³-hybridized carbons (Fsp3) is 0.640. The Hall–Kier alpha value is -2.04. The van der Waals surface area contributed by atoms with Gasteiger partial charge < -0.3 is 5.53 Å². The van der Waals surface area contributed by atoms with E-state index in [1.165, 1.54) is 132 Å². The van der Waals surface area contributed by atoms with Crippen LogP contribution in [0, 0.1) is 11.8 Å². The van der Waals surface area contributed by atoms with Gasteiger partial charge in [0, 0.05) is 23.1 Å². The Balaban J connectivity index is 0.00000188. The molecule has 0 aliphatic carbocycles. The first kappa shape index (κ1) is 48.1. The Morgan fingerprint density at radius 1 is 0.537 bits per heavy atom. The molecule has 304 valence electrons. The number of allylic oxidation sites excluding steroid dienone is 2. The maximum absolute atomic E-state index is 12.0. The number of hydrogen-bond acceptors (Lipinski definition) is 0. The summed E-state index contributed by atoms with van der Waals surface area (Å²) in [6.07, 6.45) is 22.3. The van der Waals surface area contributed by atoms with Crippen molar-refractivity contribution in [3.05, 3.63) is 87.5 Å². The summed E-state index contributed by atoms with van der Waals surface area (Å²) in [5.74, 6) is 7.22. The van der Waals surface area contributed by atoms with E-state index in [1.807, 2.05) is 0 Å². The Morgan fingerprint density at radius 2 is 1.00 bits per heavy atom. The quantitative estimate of drug-likeness (QED) is 0.0390. The van der Waals surface area contributed by atoms with Crippen molar-refractivity contribution in [1.29, 1.82) is 0 Å². The molecule has 0 amide bonds. The normalized spacial score (nSPS) is 13.0. The monoisotopic (exact) mass is 843 g/mol. The van der Waals surface area contributed by atoms with Gasteiger partial charge in [-0.05, 0) is 68.0 Å². The molecule has 0 bridgehead atoms. The van der Waals surface area contributed by atoms with E-state index in [1.54, 1.807) is 0 Å². The summed E-state index contributed by atoms with van der Waals surface area (Å²) in [6.45, 7) is 18.4. The van der Waals surface area contributed by atoms with Gasteiger partial charge in [-0.2, -0.15) is 0 Å². The molecule has 0 N–H and O–H groups in total. The van der Waals surface area contributed by atoms with Crippen LogP contribution in [0.25, 0.3) is 16.9 Å². The van der Waals surface area contributed by atoms with E-state index in [9.17, 15) is 5.53 Å². The number of hydrogen-bond donors (Lipinski definition) is 0. The first-order chi connectivity index (χ1) is 26.4. The van der Waals surface area contributed by atoms with Gasteiger partial charge in [-0.3, -0.25) is 0 Å². The average Bonchev–Trinajstić information content (AvgIpc) is 3.48. The van der Waals surface area contributed by atoms with Crippen LogP contribution in [0.4, 0.5) is 0 Å². The van der Waals surface area contributed by atoms with E-state index in [-0.39, 0.29) is 0 Å². The van der Waals surface area contributed by atoms with E-state index in [4.69, 9.17) is 0 Å². The first-order valence-electron chi connectivity index (χ1n) is 22.5. The molecule has 0 saturated heterocycles. The summed E-state index contributed by atoms with van der Waals surface area (Å²) >= 11 is 1.04. The topological polar surface area (TPSA) is 25.3 Å². The van der Waals surface area contributed by atoms with Crippen molar-refractivity contribution in [2.45, 2.75) is 205 Å². The third-order valence-corrected chi connectivity index (χ3v) is 18.8. The van der Waals surface area contributed by atoms with Gasteiger partial charge in [-0.1, -0.05) is 178 Å². The third kappa shape index (κ3) is 16.6. The van der Waals surface area contributed by atoms with Crippen molar-refractivity contribution in [3.63, 3.8) is 0 Å². The van der Waals surface area contributed by atoms with Crippen LogP contribution < -0.4 is 0 Å². The fourth-order valence-electron chi connectivity index (χ4n) is 7.64. The van der Waals surface area contributed by atoms with Crippen LogP contribution in [0.2, 0.25) is 27.9 Å². The predicted octanol–water partition coefficient (Wildman–Crippen LogP) is 16.6. The summed E-state index contributed by atoms with van der Waals surface area (Å²) in [4.78, 5) is 2.79. The van der Waals surface area contributed by atoms with Crippen LogP contribution in [-0.4, -0.2) is 12.8 Å². The molecule has 1 aliphatic heterocycles. The number of benzene rings is 2. The molecule has 4 heteroatoms. The molecule has 54 heavy (non-hydrogen) atoms. The molecule has 0 saturated carbocycles. The standard InChI is InChI=1S/C46H70N2Si.2C2H5.Pd/c1-7-13-16-17-18-19-20-21-22-23-24-25-26-29-44-43(28-15-9-3)45(42-36-32-40(33-37-42)38-49(10-4,11-5)12-6)48(47)46(44)41-34-30-39(31-35-41)27-14-8-2;2*1-2;/h30-37H,7-25,27-28,38H2,1-6H3;2*1H2,2H3;. The SMILES string of the molecule is CCCCCCCCCCCCCC#CC1=C(c2ccc(CCCC)cc2)[N+](=[N-])C(c2ccc(C[Si](CC)(CC)CC)cc2)=C1CCCC.C[CH2][Pd][CH2]C. The van der Waals surface area contributed by atoms with E-state index < -0.39 is 8.07 Å². The van der Waals surface area contributed by atoms with Crippen molar-refractivity contribution in [3.8, 4) is 11.8 Å². The Morgan fingerprint density at radius 3 is 1.48 bits per heavy atom. The van der Waals surface area contributed by atoms with E-state index in [0.29, 0.717) is 0 Å². The minimum atomic E-state index is -1.27. The summed E-state index contributed by atoms with van der Waals surface area (Å²) in [7, 11) is -1.27. The number of unbranched alkanes of at least 4 members (excludes halogenated alkanes) is 13. The van der Waals surface area contributed by atoms with Crippen molar-refractivity contribution in [1.82, 2.24) is 0 Å². The van der Waals surface area contributed by atoms with Gasteiger partial charge in [-0.15, -0.1) is 0 Å². The second kappa shape index (κ2) is 29.2. The molecular weight excluding hydrogens is 763 g/mol. The van der Waals surface area contributed by atoms with Gasteiger partial charge in [0.15, 0.2) is 0 Å². The Labute approximate surface area is 344 Å². The van der Waals surface area contributed by atoms with Gasteiger partial charge in [0.1, 0.15) is 5.57 Å². The average molecular weight is 844 g/mol. The molecule has 0 spiro atoms. The molecule has 0 unspecified atom stereocenters. The van der Waals surface area contributed by atoms with Crippen LogP contribution in [0.15, 0.2) is 59.7 Å². The molecule has 2 aromatic carbocycles. The van der Waals surface area contributed by atoms with E-state index in [2.05, 4.69) is 116 Å². The van der Waals surface area contributed by atoms with Crippen LogP contribution in [0.1, 0.15) is 187 Å². The van der Waals surface area contributed by atoms with Crippen LogP contribution in [-0.2, 0) is 30.4 Å². The van der Waals surface area contributed by atoms with Crippen molar-refractivity contribution >= 4 is 19.5 Å².